The van der Waals surface area contributed by atoms with Gasteiger partial charge < -0.3 is 46.6 Å². The summed E-state index contributed by atoms with van der Waals surface area (Å²) in [6.07, 6.45) is 2.67. The number of hydrogen-bond donors (Lipinski definition) is 9. The molecule has 1 saturated heterocycles. The summed E-state index contributed by atoms with van der Waals surface area (Å²) in [6.45, 7) is 7.42. The second-order valence-electron chi connectivity index (χ2n) is 12.1. The second kappa shape index (κ2) is 18.7. The Bertz CT molecular complexity index is 1190. The molecule has 256 valence electrons. The molecule has 2 aromatic carbocycles. The lowest BCUT2D eigenvalue weighted by Crippen LogP contribution is -2.34. The molecule has 0 spiro atoms. The van der Waals surface area contributed by atoms with Crippen molar-refractivity contribution in [2.24, 2.45) is 11.8 Å². The molecule has 0 aromatic heterocycles. The zero-order valence-corrected chi connectivity index (χ0v) is 27.0. The van der Waals surface area contributed by atoms with E-state index < -0.39 is 50.1 Å². The van der Waals surface area contributed by atoms with Crippen molar-refractivity contribution < 1.29 is 40.2 Å². The minimum absolute atomic E-state index is 0.0402. The number of anilines is 2. The molecule has 1 heterocycles. The highest BCUT2D eigenvalue weighted by Gasteiger charge is 2.22. The van der Waals surface area contributed by atoms with Crippen molar-refractivity contribution in [2.75, 3.05) is 76.3 Å². The van der Waals surface area contributed by atoms with Gasteiger partial charge in [-0.15, -0.1) is 0 Å². The molecule has 3 rings (SSSR count). The Labute approximate surface area is 270 Å². The summed E-state index contributed by atoms with van der Waals surface area (Å²) in [5.41, 5.74) is 3.52. The molecule has 9 N–H and O–H groups in total. The van der Waals surface area contributed by atoms with Crippen LogP contribution >= 0.6 is 0 Å². The molecule has 0 atom stereocenters. The molecule has 13 heteroatoms. The first-order chi connectivity index (χ1) is 22.1. The minimum Gasteiger partial charge on any atom is -0.505 e. The first kappa shape index (κ1) is 37.2. The van der Waals surface area contributed by atoms with Gasteiger partial charge >= 0.3 is 0 Å². The highest BCUT2D eigenvalue weighted by Crippen LogP contribution is 2.32. The van der Waals surface area contributed by atoms with Gasteiger partial charge in [0.2, 0.25) is 11.8 Å². The van der Waals surface area contributed by atoms with Crippen LogP contribution in [-0.4, -0.2) is 118 Å². The SMILES string of the molecule is Cc1cc(CN2CCCNCCCN(Cc3cc(C)cc(NC(=O)C(CO)CO)c3O)CCC2)c(O)c(NC(=O)C(CO)CO)c1. The minimum atomic E-state index is -0.981. The fourth-order valence-electron chi connectivity index (χ4n) is 5.58. The molecule has 1 aliphatic heterocycles. The maximum absolute atomic E-state index is 12.5. The lowest BCUT2D eigenvalue weighted by molar-refractivity contribution is -0.123. The van der Waals surface area contributed by atoms with Crippen LogP contribution in [-0.2, 0) is 22.7 Å². The number of carbonyl (C=O) groups is 2. The van der Waals surface area contributed by atoms with Gasteiger partial charge in [0.1, 0.15) is 11.5 Å². The normalized spacial score (nSPS) is 15.8. The third kappa shape index (κ3) is 10.9. The Hall–Kier alpha value is -3.30. The zero-order chi connectivity index (χ0) is 33.6. The van der Waals surface area contributed by atoms with Crippen molar-refractivity contribution in [3.8, 4) is 11.5 Å². The van der Waals surface area contributed by atoms with Crippen molar-refractivity contribution in [3.63, 3.8) is 0 Å². The average Bonchev–Trinajstić information content (AvgIpc) is 3.01. The van der Waals surface area contributed by atoms with Crippen LogP contribution in [0.1, 0.15) is 41.5 Å². The number of aliphatic hydroxyl groups is 4. The van der Waals surface area contributed by atoms with Crippen molar-refractivity contribution >= 4 is 23.2 Å². The molecule has 46 heavy (non-hydrogen) atoms. The molecule has 0 radical (unpaired) electrons. The highest BCUT2D eigenvalue weighted by molar-refractivity contribution is 5.95. The fraction of sp³-hybridized carbons (Fsp3) is 0.576. The van der Waals surface area contributed by atoms with Crippen LogP contribution < -0.4 is 16.0 Å². The summed E-state index contributed by atoms with van der Waals surface area (Å²) in [7, 11) is 0. The number of phenolic OH excluding ortho intramolecular Hbond substituents is 2. The first-order valence-corrected chi connectivity index (χ1v) is 16.0. The van der Waals surface area contributed by atoms with Gasteiger partial charge in [0, 0.05) is 24.2 Å². The van der Waals surface area contributed by atoms with Crippen molar-refractivity contribution in [1.82, 2.24) is 15.1 Å². The number of benzene rings is 2. The van der Waals surface area contributed by atoms with Crippen LogP contribution in [0, 0.1) is 25.7 Å². The Morgan fingerprint density at radius 1 is 0.674 bits per heavy atom. The Kier molecular flexibility index (Phi) is 15.1. The van der Waals surface area contributed by atoms with E-state index in [1.807, 2.05) is 26.0 Å². The van der Waals surface area contributed by atoms with Gasteiger partial charge in [-0.1, -0.05) is 12.1 Å². The molecule has 1 fully saturated rings. The Morgan fingerprint density at radius 2 is 1.04 bits per heavy atom. The van der Waals surface area contributed by atoms with E-state index in [1.165, 1.54) is 0 Å². The van der Waals surface area contributed by atoms with Crippen molar-refractivity contribution in [2.45, 2.75) is 46.2 Å². The molecule has 0 unspecified atom stereocenters. The second-order valence-corrected chi connectivity index (χ2v) is 12.1. The van der Waals surface area contributed by atoms with Gasteiger partial charge in [0.15, 0.2) is 0 Å². The van der Waals surface area contributed by atoms with E-state index >= 15 is 0 Å². The summed E-state index contributed by atoms with van der Waals surface area (Å²) >= 11 is 0. The predicted octanol–water partition coefficient (Wildman–Crippen LogP) is 0.871. The monoisotopic (exact) mass is 645 g/mol. The molecule has 1 aliphatic rings. The third-order valence-corrected chi connectivity index (χ3v) is 8.20. The quantitative estimate of drug-likeness (QED) is 0.149. The Morgan fingerprint density at radius 3 is 1.41 bits per heavy atom. The van der Waals surface area contributed by atoms with Crippen LogP contribution in [0.5, 0.6) is 11.5 Å². The van der Waals surface area contributed by atoms with Gasteiger partial charge in [-0.2, -0.15) is 0 Å². The van der Waals surface area contributed by atoms with Crippen LogP contribution in [0.3, 0.4) is 0 Å². The lowest BCUT2D eigenvalue weighted by atomic mass is 10.1. The molecule has 0 bridgehead atoms. The number of aromatic hydroxyl groups is 2. The number of hydrogen-bond acceptors (Lipinski definition) is 11. The number of carbonyl (C=O) groups excluding carboxylic acids is 2. The number of nitrogens with zero attached hydrogens (tertiary/aromatic N) is 2. The van der Waals surface area contributed by atoms with Gasteiger partial charge in [-0.05, 0) is 95.6 Å². The number of rotatable bonds is 12. The number of aliphatic hydroxyl groups excluding tert-OH is 4. The Balaban J connectivity index is 1.73. The summed E-state index contributed by atoms with van der Waals surface area (Å²) < 4.78 is 0. The van der Waals surface area contributed by atoms with E-state index in [0.29, 0.717) is 24.2 Å². The summed E-state index contributed by atoms with van der Waals surface area (Å²) in [4.78, 5) is 29.4. The largest absolute Gasteiger partial charge is 0.505 e. The molecule has 2 aromatic rings. The average molecular weight is 646 g/mol. The molecule has 0 aliphatic carbocycles. The number of nitrogens with one attached hydrogen (secondary N) is 3. The molecular weight excluding hydrogens is 594 g/mol. The van der Waals surface area contributed by atoms with E-state index in [0.717, 1.165) is 69.7 Å². The maximum atomic E-state index is 12.5. The van der Waals surface area contributed by atoms with Gasteiger partial charge in [-0.25, -0.2) is 0 Å². The van der Waals surface area contributed by atoms with Crippen LogP contribution in [0.4, 0.5) is 11.4 Å². The van der Waals surface area contributed by atoms with E-state index in [4.69, 9.17) is 0 Å². The zero-order valence-electron chi connectivity index (χ0n) is 27.0. The summed E-state index contributed by atoms with van der Waals surface area (Å²) in [5.74, 6) is -3.18. The van der Waals surface area contributed by atoms with Crippen molar-refractivity contribution in [1.29, 1.82) is 0 Å². The predicted molar refractivity (Wildman–Crippen MR) is 176 cm³/mol. The van der Waals surface area contributed by atoms with Gasteiger partial charge in [0.05, 0.1) is 49.6 Å². The first-order valence-electron chi connectivity index (χ1n) is 16.0. The molecule has 0 saturated carbocycles. The standard InChI is InChI=1S/C33H51N5O8/c1-22-12-24(30(43)28(14-22)35-32(45)26(18-39)19-40)16-37-8-3-6-34-7-4-9-38(11-5-10-37)17-25-13-23(2)15-29(31(25)44)36-33(46)27(20-41)21-42/h12-15,26-27,34,39-44H,3-11,16-21H2,1-2H3,(H,35,45)(H,36,46). The van der Waals surface area contributed by atoms with E-state index in [1.54, 1.807) is 12.1 Å². The number of amides is 2. The molecular formula is C33H51N5O8. The number of aryl methyl sites for hydroxylation is 2. The molecule has 2 amide bonds. The van der Waals surface area contributed by atoms with E-state index in [2.05, 4.69) is 25.8 Å². The van der Waals surface area contributed by atoms with Gasteiger partial charge in [-0.3, -0.25) is 19.4 Å². The van der Waals surface area contributed by atoms with Crippen LogP contribution in [0.15, 0.2) is 24.3 Å². The molecule has 13 nitrogen and oxygen atoms in total. The van der Waals surface area contributed by atoms with Crippen molar-refractivity contribution in [3.05, 3.63) is 46.5 Å². The van der Waals surface area contributed by atoms with E-state index in [9.17, 15) is 40.2 Å². The maximum Gasteiger partial charge on any atom is 0.232 e. The third-order valence-electron chi connectivity index (χ3n) is 8.20. The van der Waals surface area contributed by atoms with Crippen LogP contribution in [0.2, 0.25) is 0 Å². The van der Waals surface area contributed by atoms with E-state index in [-0.39, 0.29) is 22.9 Å². The highest BCUT2D eigenvalue weighted by atomic mass is 16.3. The number of phenols is 2. The fourth-order valence-corrected chi connectivity index (χ4v) is 5.58. The summed E-state index contributed by atoms with van der Waals surface area (Å²) in [5, 5.41) is 68.3. The lowest BCUT2D eigenvalue weighted by Gasteiger charge is -2.28. The van der Waals surface area contributed by atoms with Crippen LogP contribution in [0.25, 0.3) is 0 Å². The van der Waals surface area contributed by atoms with Gasteiger partial charge in [0.25, 0.3) is 0 Å². The smallest absolute Gasteiger partial charge is 0.232 e. The topological polar surface area (TPSA) is 198 Å². The summed E-state index contributed by atoms with van der Waals surface area (Å²) in [6, 6.07) is 7.11.